The van der Waals surface area contributed by atoms with Gasteiger partial charge in [0.05, 0.1) is 11.1 Å². The van der Waals surface area contributed by atoms with Gasteiger partial charge in [0.1, 0.15) is 11.2 Å². The van der Waals surface area contributed by atoms with Gasteiger partial charge in [-0.25, -0.2) is 0 Å². The summed E-state index contributed by atoms with van der Waals surface area (Å²) in [5, 5.41) is 2.09. The number of benzene rings is 4. The molecule has 0 aliphatic rings. The van der Waals surface area contributed by atoms with Gasteiger partial charge in [-0.2, -0.15) is 0 Å². The molecule has 41 heavy (non-hydrogen) atoms. The fourth-order valence-corrected chi connectivity index (χ4v) is 6.04. The van der Waals surface area contributed by atoms with Crippen LogP contribution in [0.2, 0.25) is 0 Å². The van der Waals surface area contributed by atoms with E-state index in [9.17, 15) is 0 Å². The van der Waals surface area contributed by atoms with E-state index in [4.69, 9.17) is 20.3 Å². The molecule has 4 aromatic carbocycles. The van der Waals surface area contributed by atoms with Gasteiger partial charge in [-0.15, -0.1) is 0 Å². The summed E-state index contributed by atoms with van der Waals surface area (Å²) in [7, 11) is 0. The largest absolute Gasteiger partial charge is 0.440 e. The number of rotatable bonds is 6. The van der Waals surface area contributed by atoms with Crippen molar-refractivity contribution in [3.8, 4) is 22.3 Å². The average Bonchev–Trinajstić information content (AvgIpc) is 3.47. The maximum atomic E-state index is 6.53. The first kappa shape index (κ1) is 26.8. The molecule has 0 amide bonds. The highest BCUT2D eigenvalue weighted by atomic mass is 16.4. The number of nitrogen functional groups attached to an aromatic ring is 2. The lowest BCUT2D eigenvalue weighted by atomic mass is 9.75. The lowest BCUT2D eigenvalue weighted by Crippen LogP contribution is -2.20. The number of fused-ring (bicyclic) bond motifs is 2. The van der Waals surface area contributed by atoms with Gasteiger partial charge in [0.2, 0.25) is 0 Å². The Kier molecular flexibility index (Phi) is 6.45. The van der Waals surface area contributed by atoms with Gasteiger partial charge in [0.25, 0.3) is 0 Å². The maximum Gasteiger partial charge on any atom is 0.199 e. The normalized spacial score (nSPS) is 12.3. The molecule has 0 aliphatic carbocycles. The van der Waals surface area contributed by atoms with Crippen LogP contribution in [-0.2, 0) is 5.41 Å². The number of hydrogen-bond donors (Lipinski definition) is 2. The van der Waals surface area contributed by atoms with Crippen LogP contribution in [-0.4, -0.2) is 0 Å². The second-order valence-corrected chi connectivity index (χ2v) is 12.2. The zero-order valence-corrected chi connectivity index (χ0v) is 24.7. The number of nitrogens with two attached hydrogens (primary N) is 2. The molecule has 4 heteroatoms. The van der Waals surface area contributed by atoms with Crippen molar-refractivity contribution < 1.29 is 8.83 Å². The van der Waals surface area contributed by atoms with E-state index in [1.165, 1.54) is 11.1 Å². The van der Waals surface area contributed by atoms with E-state index in [0.29, 0.717) is 11.8 Å². The van der Waals surface area contributed by atoms with E-state index in [1.807, 2.05) is 36.4 Å². The topological polar surface area (TPSA) is 78.3 Å². The molecule has 0 fully saturated rings. The summed E-state index contributed by atoms with van der Waals surface area (Å²) in [6.45, 7) is 13.4. The molecule has 4 N–H and O–H groups in total. The average molecular weight is 543 g/mol. The molecule has 208 valence electrons. The van der Waals surface area contributed by atoms with Crippen LogP contribution in [0.1, 0.15) is 75.6 Å². The molecule has 0 unspecified atom stereocenters. The van der Waals surface area contributed by atoms with E-state index >= 15 is 0 Å². The lowest BCUT2D eigenvalue weighted by Gasteiger charge is -2.28. The summed E-state index contributed by atoms with van der Waals surface area (Å²) in [4.78, 5) is 0. The van der Waals surface area contributed by atoms with Crippen LogP contribution in [0.15, 0.2) is 93.8 Å². The standard InChI is InChI=1S/C37H38N2O2/c1-21(2)27-17-25(19-29-31(35(38)40-33(27)29)23-13-9-7-10-14-23)37(5,6)26-18-28(22(3)4)34-30(20-26)32(36(39)41-34)24-15-11-8-12-16-24/h7-22H,38-39H2,1-6H3. The third kappa shape index (κ3) is 4.39. The highest BCUT2D eigenvalue weighted by molar-refractivity contribution is 6.03. The monoisotopic (exact) mass is 542 g/mol. The molecule has 6 rings (SSSR count). The van der Waals surface area contributed by atoms with Gasteiger partial charge in [0, 0.05) is 16.2 Å². The Labute approximate surface area is 242 Å². The summed E-state index contributed by atoms with van der Waals surface area (Å²) in [6.07, 6.45) is 0. The molecular formula is C37H38N2O2. The minimum atomic E-state index is -0.338. The van der Waals surface area contributed by atoms with Crippen molar-refractivity contribution in [1.29, 1.82) is 0 Å². The van der Waals surface area contributed by atoms with Gasteiger partial charge < -0.3 is 20.3 Å². The molecule has 2 aromatic heterocycles. The van der Waals surface area contributed by atoms with Gasteiger partial charge in [-0.1, -0.05) is 114 Å². The van der Waals surface area contributed by atoms with Crippen LogP contribution >= 0.6 is 0 Å². The van der Waals surface area contributed by atoms with Crippen LogP contribution in [0.4, 0.5) is 11.8 Å². The van der Waals surface area contributed by atoms with Gasteiger partial charge in [0.15, 0.2) is 11.8 Å². The third-order valence-corrected chi connectivity index (χ3v) is 8.50. The summed E-state index contributed by atoms with van der Waals surface area (Å²) in [5.74, 6) is 1.42. The first-order valence-corrected chi connectivity index (χ1v) is 14.4. The number of anilines is 2. The van der Waals surface area contributed by atoms with E-state index in [1.54, 1.807) is 0 Å². The maximum absolute atomic E-state index is 6.53. The van der Waals surface area contributed by atoms with E-state index in [2.05, 4.69) is 90.1 Å². The molecule has 0 bridgehead atoms. The number of furan rings is 2. The summed E-state index contributed by atoms with van der Waals surface area (Å²) >= 11 is 0. The van der Waals surface area contributed by atoms with Crippen LogP contribution in [0, 0.1) is 0 Å². The van der Waals surface area contributed by atoms with E-state index in [-0.39, 0.29) is 17.3 Å². The summed E-state index contributed by atoms with van der Waals surface area (Å²) in [5.41, 5.74) is 23.2. The zero-order valence-electron chi connectivity index (χ0n) is 24.7. The Morgan fingerprint density at radius 1 is 0.561 bits per heavy atom. The molecule has 4 nitrogen and oxygen atoms in total. The van der Waals surface area contributed by atoms with Crippen molar-refractivity contribution in [2.24, 2.45) is 0 Å². The van der Waals surface area contributed by atoms with Gasteiger partial charge in [-0.3, -0.25) is 0 Å². The summed E-state index contributed by atoms with van der Waals surface area (Å²) < 4.78 is 12.5. The predicted molar refractivity (Wildman–Crippen MR) is 172 cm³/mol. The minimum Gasteiger partial charge on any atom is -0.440 e. The molecule has 0 radical (unpaired) electrons. The Morgan fingerprint density at radius 2 is 0.927 bits per heavy atom. The molecule has 2 heterocycles. The molecule has 0 saturated carbocycles. The Balaban J connectivity index is 1.62. The Morgan fingerprint density at radius 3 is 1.27 bits per heavy atom. The van der Waals surface area contributed by atoms with Gasteiger partial charge in [-0.05, 0) is 57.3 Å². The molecule has 6 aromatic rings. The molecule has 0 saturated heterocycles. The first-order chi connectivity index (χ1) is 19.6. The minimum absolute atomic E-state index is 0.259. The first-order valence-electron chi connectivity index (χ1n) is 14.4. The zero-order chi connectivity index (χ0) is 29.1. The van der Waals surface area contributed by atoms with E-state index in [0.717, 1.165) is 55.3 Å². The molecule has 0 aliphatic heterocycles. The molecule has 0 spiro atoms. The predicted octanol–water partition coefficient (Wildman–Crippen LogP) is 10.3. The molecule has 0 atom stereocenters. The fourth-order valence-electron chi connectivity index (χ4n) is 6.04. The second-order valence-electron chi connectivity index (χ2n) is 12.2. The third-order valence-electron chi connectivity index (χ3n) is 8.50. The van der Waals surface area contributed by atoms with Crippen molar-refractivity contribution in [3.05, 3.63) is 107 Å². The SMILES string of the molecule is CC(C)c1cc(C(C)(C)c2cc(C(C)C)c3oc(N)c(-c4ccccc4)c3c2)cc2c(-c3ccccc3)c(N)oc12. The van der Waals surface area contributed by atoms with Crippen LogP contribution in [0.25, 0.3) is 44.2 Å². The quantitative estimate of drug-likeness (QED) is 0.219. The smallest absolute Gasteiger partial charge is 0.199 e. The number of hydrogen-bond acceptors (Lipinski definition) is 4. The van der Waals surface area contributed by atoms with Crippen molar-refractivity contribution >= 4 is 33.7 Å². The van der Waals surface area contributed by atoms with Crippen LogP contribution in [0.3, 0.4) is 0 Å². The lowest BCUT2D eigenvalue weighted by molar-refractivity contribution is 0.617. The van der Waals surface area contributed by atoms with Crippen LogP contribution < -0.4 is 11.5 Å². The fraction of sp³-hybridized carbons (Fsp3) is 0.243. The highest BCUT2D eigenvalue weighted by Gasteiger charge is 2.30. The molecular weight excluding hydrogens is 504 g/mol. The van der Waals surface area contributed by atoms with Crippen molar-refractivity contribution in [2.45, 2.75) is 58.8 Å². The Hall–Kier alpha value is -4.44. The van der Waals surface area contributed by atoms with E-state index < -0.39 is 0 Å². The van der Waals surface area contributed by atoms with Crippen molar-refractivity contribution in [1.82, 2.24) is 0 Å². The Bertz CT molecular complexity index is 1740. The summed E-state index contributed by atoms with van der Waals surface area (Å²) in [6, 6.07) is 29.7. The van der Waals surface area contributed by atoms with Crippen LogP contribution in [0.5, 0.6) is 0 Å². The second kappa shape index (κ2) is 9.88. The van der Waals surface area contributed by atoms with Crippen molar-refractivity contribution in [2.75, 3.05) is 11.5 Å². The van der Waals surface area contributed by atoms with Gasteiger partial charge >= 0.3 is 0 Å². The highest BCUT2D eigenvalue weighted by Crippen LogP contribution is 2.46. The van der Waals surface area contributed by atoms with Crippen molar-refractivity contribution in [3.63, 3.8) is 0 Å².